The standard InChI is InChI=1S/C15H17NO5/c1-9(7-10-5-3-2-4-6-10)20-15(19)16-8-11-13(21-11)12(16)14(17)18/h2-6,9,11-13H,7-8H2,1H3,(H,17,18). The van der Waals surface area contributed by atoms with Crippen molar-refractivity contribution in [2.45, 2.75) is 37.7 Å². The number of benzene rings is 1. The maximum atomic E-state index is 12.1. The van der Waals surface area contributed by atoms with Gasteiger partial charge in [0.2, 0.25) is 0 Å². The Morgan fingerprint density at radius 1 is 1.43 bits per heavy atom. The van der Waals surface area contributed by atoms with Gasteiger partial charge in [0.25, 0.3) is 0 Å². The molecule has 2 heterocycles. The van der Waals surface area contributed by atoms with Gasteiger partial charge in [-0.15, -0.1) is 0 Å². The molecule has 4 atom stereocenters. The lowest BCUT2D eigenvalue weighted by Gasteiger charge is -2.25. The van der Waals surface area contributed by atoms with E-state index in [1.54, 1.807) is 6.92 Å². The number of morpholine rings is 1. The molecule has 2 aliphatic heterocycles. The molecule has 0 aromatic heterocycles. The molecule has 21 heavy (non-hydrogen) atoms. The van der Waals surface area contributed by atoms with Gasteiger partial charge in [-0.3, -0.25) is 4.90 Å². The minimum atomic E-state index is -1.05. The average molecular weight is 291 g/mol. The molecule has 0 aliphatic carbocycles. The van der Waals surface area contributed by atoms with Gasteiger partial charge in [0.1, 0.15) is 18.3 Å². The number of carboxylic acid groups (broad SMARTS) is 1. The number of likely N-dealkylation sites (tertiary alicyclic amines) is 1. The summed E-state index contributed by atoms with van der Waals surface area (Å²) in [4.78, 5) is 24.6. The predicted molar refractivity (Wildman–Crippen MR) is 72.9 cm³/mol. The molecule has 2 aliphatic rings. The van der Waals surface area contributed by atoms with Crippen LogP contribution in [0.25, 0.3) is 0 Å². The van der Waals surface area contributed by atoms with Crippen molar-refractivity contribution in [1.29, 1.82) is 0 Å². The number of carbonyl (C=O) groups is 2. The first-order valence-electron chi connectivity index (χ1n) is 6.95. The Morgan fingerprint density at radius 3 is 2.81 bits per heavy atom. The highest BCUT2D eigenvalue weighted by Gasteiger charge is 2.60. The molecule has 1 aromatic carbocycles. The molecule has 2 fully saturated rings. The highest BCUT2D eigenvalue weighted by Crippen LogP contribution is 2.37. The summed E-state index contributed by atoms with van der Waals surface area (Å²) in [6.07, 6.45) is -0.821. The Morgan fingerprint density at radius 2 is 2.14 bits per heavy atom. The maximum absolute atomic E-state index is 12.1. The van der Waals surface area contributed by atoms with Crippen LogP contribution in [0.15, 0.2) is 30.3 Å². The highest BCUT2D eigenvalue weighted by atomic mass is 16.6. The van der Waals surface area contributed by atoms with Crippen molar-refractivity contribution in [3.05, 3.63) is 35.9 Å². The highest BCUT2D eigenvalue weighted by molar-refractivity contribution is 5.82. The van der Waals surface area contributed by atoms with Crippen molar-refractivity contribution in [2.75, 3.05) is 6.54 Å². The van der Waals surface area contributed by atoms with Crippen LogP contribution in [0, 0.1) is 0 Å². The number of hydrogen-bond acceptors (Lipinski definition) is 4. The van der Waals surface area contributed by atoms with Gasteiger partial charge in [0.05, 0.1) is 6.54 Å². The van der Waals surface area contributed by atoms with Crippen molar-refractivity contribution in [2.24, 2.45) is 0 Å². The fourth-order valence-electron chi connectivity index (χ4n) is 2.76. The molecule has 0 saturated carbocycles. The summed E-state index contributed by atoms with van der Waals surface area (Å²) >= 11 is 0. The second kappa shape index (κ2) is 5.37. The first-order chi connectivity index (χ1) is 10.1. The number of fused-ring (bicyclic) bond motifs is 1. The van der Waals surface area contributed by atoms with Gasteiger partial charge in [0.15, 0.2) is 6.04 Å². The number of amides is 1. The third-order valence-corrected chi connectivity index (χ3v) is 3.80. The monoisotopic (exact) mass is 291 g/mol. The van der Waals surface area contributed by atoms with Crippen LogP contribution in [0.5, 0.6) is 0 Å². The first kappa shape index (κ1) is 13.9. The van der Waals surface area contributed by atoms with Gasteiger partial charge in [-0.05, 0) is 12.5 Å². The zero-order valence-electron chi connectivity index (χ0n) is 11.6. The number of ether oxygens (including phenoxy) is 2. The molecule has 4 unspecified atom stereocenters. The maximum Gasteiger partial charge on any atom is 0.410 e. The lowest BCUT2D eigenvalue weighted by atomic mass is 10.1. The van der Waals surface area contributed by atoms with E-state index in [1.165, 1.54) is 4.90 Å². The van der Waals surface area contributed by atoms with Gasteiger partial charge < -0.3 is 14.6 Å². The Labute approximate surface area is 122 Å². The van der Waals surface area contributed by atoms with Crippen LogP contribution in [0.2, 0.25) is 0 Å². The zero-order valence-corrected chi connectivity index (χ0v) is 11.6. The molecule has 1 amide bonds. The lowest BCUT2D eigenvalue weighted by Crippen LogP contribution is -2.46. The van der Waals surface area contributed by atoms with Crippen molar-refractivity contribution >= 4 is 12.1 Å². The SMILES string of the molecule is CC(Cc1ccccc1)OC(=O)N1CC2OC2C1C(=O)O. The Kier molecular flexibility index (Phi) is 3.55. The number of carbonyl (C=O) groups excluding carboxylic acids is 1. The van der Waals surface area contributed by atoms with Gasteiger partial charge in [0, 0.05) is 6.42 Å². The van der Waals surface area contributed by atoms with Crippen LogP contribution in [0.1, 0.15) is 12.5 Å². The summed E-state index contributed by atoms with van der Waals surface area (Å²) in [5.74, 6) is -1.05. The van der Waals surface area contributed by atoms with Gasteiger partial charge in [-0.2, -0.15) is 0 Å². The third-order valence-electron chi connectivity index (χ3n) is 3.80. The molecule has 6 heteroatoms. The zero-order chi connectivity index (χ0) is 15.0. The van der Waals surface area contributed by atoms with E-state index < -0.39 is 18.1 Å². The molecule has 3 rings (SSSR count). The van der Waals surface area contributed by atoms with E-state index in [9.17, 15) is 9.59 Å². The largest absolute Gasteiger partial charge is 0.480 e. The number of epoxide rings is 1. The fraction of sp³-hybridized carbons (Fsp3) is 0.467. The fourth-order valence-corrected chi connectivity index (χ4v) is 2.76. The molecule has 0 bridgehead atoms. The molecule has 1 N–H and O–H groups in total. The van der Waals surface area contributed by atoms with Crippen molar-refractivity contribution in [1.82, 2.24) is 4.90 Å². The summed E-state index contributed by atoms with van der Waals surface area (Å²) in [6.45, 7) is 2.09. The summed E-state index contributed by atoms with van der Waals surface area (Å²) < 4.78 is 10.5. The molecule has 6 nitrogen and oxygen atoms in total. The van der Waals surface area contributed by atoms with E-state index >= 15 is 0 Å². The van der Waals surface area contributed by atoms with E-state index in [4.69, 9.17) is 14.6 Å². The number of aliphatic carboxylic acids is 1. The second-order valence-corrected chi connectivity index (χ2v) is 5.46. The Balaban J connectivity index is 1.57. The van der Waals surface area contributed by atoms with Crippen LogP contribution in [-0.2, 0) is 20.7 Å². The third kappa shape index (κ3) is 2.85. The quantitative estimate of drug-likeness (QED) is 0.846. The van der Waals surface area contributed by atoms with Crippen molar-refractivity contribution in [3.8, 4) is 0 Å². The molecule has 0 spiro atoms. The summed E-state index contributed by atoms with van der Waals surface area (Å²) in [5.41, 5.74) is 1.07. The second-order valence-electron chi connectivity index (χ2n) is 5.46. The first-order valence-corrected chi connectivity index (χ1v) is 6.95. The Hall–Kier alpha value is -2.08. The summed E-state index contributed by atoms with van der Waals surface area (Å²) in [5, 5.41) is 9.17. The van der Waals surface area contributed by atoms with Crippen molar-refractivity contribution < 1.29 is 24.2 Å². The van der Waals surface area contributed by atoms with Crippen LogP contribution in [-0.4, -0.2) is 53.0 Å². The van der Waals surface area contributed by atoms with E-state index in [1.807, 2.05) is 30.3 Å². The molecule has 1 aromatic rings. The summed E-state index contributed by atoms with van der Waals surface area (Å²) in [6, 6.07) is 8.78. The van der Waals surface area contributed by atoms with Gasteiger partial charge in [-0.25, -0.2) is 9.59 Å². The normalized spacial score (nSPS) is 27.9. The minimum absolute atomic E-state index is 0.150. The van der Waals surface area contributed by atoms with Crippen LogP contribution in [0.4, 0.5) is 4.79 Å². The number of hydrogen-bond donors (Lipinski definition) is 1. The van der Waals surface area contributed by atoms with Gasteiger partial charge in [-0.1, -0.05) is 30.3 Å². The molecule has 112 valence electrons. The van der Waals surface area contributed by atoms with Crippen molar-refractivity contribution in [3.63, 3.8) is 0 Å². The van der Waals surface area contributed by atoms with Gasteiger partial charge >= 0.3 is 12.1 Å². The Bertz CT molecular complexity index is 546. The smallest absolute Gasteiger partial charge is 0.410 e. The van der Waals surface area contributed by atoms with Crippen LogP contribution < -0.4 is 0 Å². The molecular formula is C15H17NO5. The van der Waals surface area contributed by atoms with Crippen LogP contribution in [0.3, 0.4) is 0 Å². The van der Waals surface area contributed by atoms with E-state index in [0.717, 1.165) is 5.56 Å². The van der Waals surface area contributed by atoms with Crippen LogP contribution >= 0.6 is 0 Å². The lowest BCUT2D eigenvalue weighted by molar-refractivity contribution is -0.143. The minimum Gasteiger partial charge on any atom is -0.480 e. The molecule has 0 radical (unpaired) electrons. The number of nitrogens with zero attached hydrogens (tertiary/aromatic N) is 1. The molecule has 2 saturated heterocycles. The number of rotatable bonds is 4. The average Bonchev–Trinajstić information content (AvgIpc) is 3.09. The summed E-state index contributed by atoms with van der Waals surface area (Å²) in [7, 11) is 0. The molecular weight excluding hydrogens is 274 g/mol. The van der Waals surface area contributed by atoms with E-state index in [0.29, 0.717) is 13.0 Å². The predicted octanol–water partition coefficient (Wildman–Crippen LogP) is 1.29. The number of carboxylic acids is 1. The van der Waals surface area contributed by atoms with E-state index in [2.05, 4.69) is 0 Å². The topological polar surface area (TPSA) is 79.4 Å². The van der Waals surface area contributed by atoms with E-state index in [-0.39, 0.29) is 18.3 Å².